The standard InChI is InChI=1S/C12H6F3NO2/c13-9-4-2-1-3-7(9)8-5-11(15)12(16(17)18)6-10(8)14/h1-6H. The first kappa shape index (κ1) is 12.1. The highest BCUT2D eigenvalue weighted by molar-refractivity contribution is 5.66. The van der Waals surface area contributed by atoms with E-state index in [1.54, 1.807) is 0 Å². The Morgan fingerprint density at radius 2 is 1.56 bits per heavy atom. The zero-order valence-corrected chi connectivity index (χ0v) is 8.86. The van der Waals surface area contributed by atoms with Crippen molar-refractivity contribution in [3.05, 3.63) is 64.0 Å². The van der Waals surface area contributed by atoms with E-state index >= 15 is 0 Å². The number of nitro groups is 1. The SMILES string of the molecule is O=[N+]([O-])c1cc(F)c(-c2ccccc2F)cc1F. The molecule has 0 aromatic heterocycles. The number of nitrogens with zero attached hydrogens (tertiary/aromatic N) is 1. The fourth-order valence-electron chi connectivity index (χ4n) is 1.56. The fourth-order valence-corrected chi connectivity index (χ4v) is 1.56. The van der Waals surface area contributed by atoms with Gasteiger partial charge >= 0.3 is 5.69 Å². The van der Waals surface area contributed by atoms with Crippen LogP contribution in [0, 0.1) is 27.6 Å². The van der Waals surface area contributed by atoms with E-state index in [4.69, 9.17) is 0 Å². The second-order valence-corrected chi connectivity index (χ2v) is 3.52. The molecule has 0 saturated carbocycles. The first-order chi connectivity index (χ1) is 8.50. The molecule has 3 nitrogen and oxygen atoms in total. The van der Waals surface area contributed by atoms with Crippen molar-refractivity contribution in [2.24, 2.45) is 0 Å². The normalized spacial score (nSPS) is 10.4. The predicted octanol–water partition coefficient (Wildman–Crippen LogP) is 3.68. The van der Waals surface area contributed by atoms with Gasteiger partial charge in [0.25, 0.3) is 0 Å². The lowest BCUT2D eigenvalue weighted by atomic mass is 10.0. The summed E-state index contributed by atoms with van der Waals surface area (Å²) in [6.07, 6.45) is 0. The molecule has 0 spiro atoms. The minimum Gasteiger partial charge on any atom is -0.258 e. The van der Waals surface area contributed by atoms with E-state index in [1.165, 1.54) is 18.2 Å². The van der Waals surface area contributed by atoms with Crippen LogP contribution in [0.4, 0.5) is 18.9 Å². The summed E-state index contributed by atoms with van der Waals surface area (Å²) in [6.45, 7) is 0. The van der Waals surface area contributed by atoms with Crippen LogP contribution >= 0.6 is 0 Å². The van der Waals surface area contributed by atoms with Gasteiger partial charge in [0.2, 0.25) is 5.82 Å². The first-order valence-electron chi connectivity index (χ1n) is 4.89. The van der Waals surface area contributed by atoms with Crippen molar-refractivity contribution < 1.29 is 18.1 Å². The highest BCUT2D eigenvalue weighted by Gasteiger charge is 2.20. The quantitative estimate of drug-likeness (QED) is 0.605. The van der Waals surface area contributed by atoms with Gasteiger partial charge in [0.05, 0.1) is 11.0 Å². The summed E-state index contributed by atoms with van der Waals surface area (Å²) < 4.78 is 40.4. The summed E-state index contributed by atoms with van der Waals surface area (Å²) in [4.78, 5) is 9.38. The van der Waals surface area contributed by atoms with Crippen LogP contribution in [0.2, 0.25) is 0 Å². The molecule has 0 bridgehead atoms. The van der Waals surface area contributed by atoms with E-state index in [0.29, 0.717) is 12.1 Å². The highest BCUT2D eigenvalue weighted by atomic mass is 19.1. The molecule has 0 fully saturated rings. The Bertz CT molecular complexity index is 629. The fraction of sp³-hybridized carbons (Fsp3) is 0. The molecule has 0 aliphatic heterocycles. The van der Waals surface area contributed by atoms with E-state index in [0.717, 1.165) is 6.07 Å². The third-order valence-corrected chi connectivity index (χ3v) is 2.40. The number of halogens is 3. The molecule has 0 radical (unpaired) electrons. The number of hydrogen-bond donors (Lipinski definition) is 0. The lowest BCUT2D eigenvalue weighted by Gasteiger charge is -2.05. The van der Waals surface area contributed by atoms with Gasteiger partial charge in [-0.1, -0.05) is 18.2 Å². The molecule has 2 rings (SSSR count). The largest absolute Gasteiger partial charge is 0.307 e. The molecule has 2 aromatic rings. The van der Waals surface area contributed by atoms with Crippen LogP contribution in [0.5, 0.6) is 0 Å². The lowest BCUT2D eigenvalue weighted by Crippen LogP contribution is -1.96. The topological polar surface area (TPSA) is 43.1 Å². The van der Waals surface area contributed by atoms with Crippen LogP contribution in [-0.4, -0.2) is 4.92 Å². The molecule has 6 heteroatoms. The van der Waals surface area contributed by atoms with Crippen LogP contribution in [0.25, 0.3) is 11.1 Å². The van der Waals surface area contributed by atoms with Crippen molar-refractivity contribution in [1.29, 1.82) is 0 Å². The van der Waals surface area contributed by atoms with Gasteiger partial charge in [0, 0.05) is 11.1 Å². The van der Waals surface area contributed by atoms with Crippen LogP contribution in [0.1, 0.15) is 0 Å². The maximum Gasteiger partial charge on any atom is 0.307 e. The van der Waals surface area contributed by atoms with E-state index in [9.17, 15) is 23.3 Å². The summed E-state index contributed by atoms with van der Waals surface area (Å²) in [5.74, 6) is -2.99. The van der Waals surface area contributed by atoms with Crippen molar-refractivity contribution in [2.75, 3.05) is 0 Å². The Labute approximate surface area is 99.6 Å². The summed E-state index contributed by atoms with van der Waals surface area (Å²) in [5, 5.41) is 10.4. The maximum absolute atomic E-state index is 13.6. The Kier molecular flexibility index (Phi) is 3.01. The Morgan fingerprint density at radius 3 is 2.17 bits per heavy atom. The van der Waals surface area contributed by atoms with Gasteiger partial charge in [-0.2, -0.15) is 4.39 Å². The Balaban J connectivity index is 2.64. The maximum atomic E-state index is 13.6. The Hall–Kier alpha value is -2.37. The summed E-state index contributed by atoms with van der Waals surface area (Å²) in [5.41, 5.74) is -1.48. The molecule has 0 atom stereocenters. The molecule has 0 aliphatic rings. The molecular weight excluding hydrogens is 247 g/mol. The van der Waals surface area contributed by atoms with Gasteiger partial charge in [0.15, 0.2) is 0 Å². The van der Waals surface area contributed by atoms with Gasteiger partial charge < -0.3 is 0 Å². The van der Waals surface area contributed by atoms with Gasteiger partial charge in [-0.15, -0.1) is 0 Å². The highest BCUT2D eigenvalue weighted by Crippen LogP contribution is 2.30. The number of benzene rings is 2. The number of rotatable bonds is 2. The second kappa shape index (κ2) is 4.48. The molecular formula is C12H6F3NO2. The molecule has 2 aromatic carbocycles. The van der Waals surface area contributed by atoms with Gasteiger partial charge in [-0.3, -0.25) is 10.1 Å². The van der Waals surface area contributed by atoms with Gasteiger partial charge in [-0.05, 0) is 12.1 Å². The summed E-state index contributed by atoms with van der Waals surface area (Å²) in [6, 6.07) is 6.27. The third kappa shape index (κ3) is 2.04. The van der Waals surface area contributed by atoms with Crippen LogP contribution in [0.3, 0.4) is 0 Å². The van der Waals surface area contributed by atoms with E-state index in [-0.39, 0.29) is 11.1 Å². The average Bonchev–Trinajstić information content (AvgIpc) is 2.32. The monoisotopic (exact) mass is 253 g/mol. The van der Waals surface area contributed by atoms with Crippen molar-refractivity contribution in [2.45, 2.75) is 0 Å². The van der Waals surface area contributed by atoms with Crippen LogP contribution < -0.4 is 0 Å². The predicted molar refractivity (Wildman–Crippen MR) is 58.4 cm³/mol. The van der Waals surface area contributed by atoms with Gasteiger partial charge in [0.1, 0.15) is 11.6 Å². The molecule has 0 aliphatic carbocycles. The molecule has 18 heavy (non-hydrogen) atoms. The van der Waals surface area contributed by atoms with E-state index in [1.807, 2.05) is 0 Å². The second-order valence-electron chi connectivity index (χ2n) is 3.52. The van der Waals surface area contributed by atoms with Crippen molar-refractivity contribution >= 4 is 5.69 Å². The van der Waals surface area contributed by atoms with Crippen molar-refractivity contribution in [1.82, 2.24) is 0 Å². The van der Waals surface area contributed by atoms with E-state index < -0.39 is 28.1 Å². The van der Waals surface area contributed by atoms with Gasteiger partial charge in [-0.25, -0.2) is 8.78 Å². The molecule has 0 saturated heterocycles. The van der Waals surface area contributed by atoms with E-state index in [2.05, 4.69) is 0 Å². The Morgan fingerprint density at radius 1 is 0.889 bits per heavy atom. The molecule has 0 amide bonds. The molecule has 0 heterocycles. The minimum absolute atomic E-state index is 0.149. The number of hydrogen-bond acceptors (Lipinski definition) is 2. The minimum atomic E-state index is -1.21. The van der Waals surface area contributed by atoms with Crippen molar-refractivity contribution in [3.63, 3.8) is 0 Å². The molecule has 0 unspecified atom stereocenters. The summed E-state index contributed by atoms with van der Waals surface area (Å²) in [7, 11) is 0. The molecule has 92 valence electrons. The third-order valence-electron chi connectivity index (χ3n) is 2.40. The zero-order chi connectivity index (χ0) is 13.3. The van der Waals surface area contributed by atoms with Crippen molar-refractivity contribution in [3.8, 4) is 11.1 Å². The average molecular weight is 253 g/mol. The first-order valence-corrected chi connectivity index (χ1v) is 4.89. The summed E-state index contributed by atoms with van der Waals surface area (Å²) >= 11 is 0. The van der Waals surface area contributed by atoms with Crippen LogP contribution in [0.15, 0.2) is 36.4 Å². The van der Waals surface area contributed by atoms with Crippen LogP contribution in [-0.2, 0) is 0 Å². The lowest BCUT2D eigenvalue weighted by molar-refractivity contribution is -0.387. The molecule has 0 N–H and O–H groups in total. The smallest absolute Gasteiger partial charge is 0.258 e. The number of nitro benzene ring substituents is 1. The zero-order valence-electron chi connectivity index (χ0n) is 8.86.